The smallest absolute Gasteiger partial charge is 0.323 e. The predicted octanol–water partition coefficient (Wildman–Crippen LogP) is 0.496. The number of likely N-dealkylation sites (N-methyl/N-ethyl adjacent to an activating group) is 1. The highest BCUT2D eigenvalue weighted by Crippen LogP contribution is 1.92. The molecule has 1 N–H and O–H groups in total. The van der Waals surface area contributed by atoms with Crippen LogP contribution < -0.4 is 0 Å². The van der Waals surface area contributed by atoms with Crippen LogP contribution in [0.4, 0.5) is 0 Å². The zero-order chi connectivity index (χ0) is 9.72. The van der Waals surface area contributed by atoms with Gasteiger partial charge in [-0.25, -0.2) is 0 Å². The minimum absolute atomic E-state index is 0.261. The molecule has 1 amide bonds. The molecule has 0 aromatic carbocycles. The van der Waals surface area contributed by atoms with Crippen molar-refractivity contribution in [1.29, 1.82) is 0 Å². The lowest BCUT2D eigenvalue weighted by Crippen LogP contribution is -2.30. The molecule has 0 saturated carbocycles. The fourth-order valence-corrected chi connectivity index (χ4v) is 0.638. The third-order valence-electron chi connectivity index (χ3n) is 1.16. The van der Waals surface area contributed by atoms with Crippen molar-refractivity contribution in [2.24, 2.45) is 0 Å². The van der Waals surface area contributed by atoms with Crippen molar-refractivity contribution >= 4 is 11.9 Å². The van der Waals surface area contributed by atoms with Crippen LogP contribution in [0.25, 0.3) is 0 Å². The molecule has 4 heteroatoms. The molecule has 0 aromatic rings. The van der Waals surface area contributed by atoms with E-state index in [4.69, 9.17) is 5.11 Å². The lowest BCUT2D eigenvalue weighted by atomic mass is 10.3. The van der Waals surface area contributed by atoms with Gasteiger partial charge in [-0.05, 0) is 13.8 Å². The number of carbonyl (C=O) groups is 2. The van der Waals surface area contributed by atoms with E-state index in [-0.39, 0.29) is 12.5 Å². The highest BCUT2D eigenvalue weighted by molar-refractivity contribution is 5.90. The standard InChI is InChI=1S/C8H13NO3/c1-6(2)4-7(10)9(3)5-8(11)12/h4H,5H2,1-3H3,(H,11,12). The maximum absolute atomic E-state index is 11.1. The number of rotatable bonds is 3. The lowest BCUT2D eigenvalue weighted by Gasteiger charge is -2.11. The third-order valence-corrected chi connectivity index (χ3v) is 1.16. The van der Waals surface area contributed by atoms with Gasteiger partial charge >= 0.3 is 5.97 Å². The molecule has 0 radical (unpaired) electrons. The normalized spacial score (nSPS) is 8.92. The number of allylic oxidation sites excluding steroid dienone is 1. The second kappa shape index (κ2) is 4.54. The van der Waals surface area contributed by atoms with Crippen LogP contribution in [0.1, 0.15) is 13.8 Å². The number of carbonyl (C=O) groups excluding carboxylic acids is 1. The molecule has 0 unspecified atom stereocenters. The summed E-state index contributed by atoms with van der Waals surface area (Å²) < 4.78 is 0. The molecule has 0 heterocycles. The van der Waals surface area contributed by atoms with E-state index >= 15 is 0 Å². The Labute approximate surface area is 71.5 Å². The molecule has 0 bridgehead atoms. The Kier molecular flexibility index (Phi) is 4.04. The number of hydrogen-bond acceptors (Lipinski definition) is 2. The van der Waals surface area contributed by atoms with E-state index in [1.54, 1.807) is 13.8 Å². The van der Waals surface area contributed by atoms with Gasteiger partial charge in [0, 0.05) is 13.1 Å². The number of nitrogens with zero attached hydrogens (tertiary/aromatic N) is 1. The van der Waals surface area contributed by atoms with Gasteiger partial charge < -0.3 is 10.0 Å². The van der Waals surface area contributed by atoms with E-state index in [9.17, 15) is 9.59 Å². The maximum atomic E-state index is 11.1. The van der Waals surface area contributed by atoms with Crippen molar-refractivity contribution < 1.29 is 14.7 Å². The largest absolute Gasteiger partial charge is 0.480 e. The van der Waals surface area contributed by atoms with Gasteiger partial charge in [-0.3, -0.25) is 9.59 Å². The summed E-state index contributed by atoms with van der Waals surface area (Å²) in [5.41, 5.74) is 0.859. The van der Waals surface area contributed by atoms with Crippen LogP contribution in [0.2, 0.25) is 0 Å². The SMILES string of the molecule is CC(C)=CC(=O)N(C)CC(=O)O. The first-order valence-corrected chi connectivity index (χ1v) is 3.55. The van der Waals surface area contributed by atoms with Crippen molar-refractivity contribution in [1.82, 2.24) is 4.90 Å². The van der Waals surface area contributed by atoms with Gasteiger partial charge in [0.25, 0.3) is 0 Å². The summed E-state index contributed by atoms with van der Waals surface area (Å²) in [7, 11) is 1.45. The fourth-order valence-electron chi connectivity index (χ4n) is 0.638. The molecule has 0 spiro atoms. The average Bonchev–Trinajstić information content (AvgIpc) is 1.84. The highest BCUT2D eigenvalue weighted by Gasteiger charge is 2.08. The van der Waals surface area contributed by atoms with Crippen molar-refractivity contribution in [2.75, 3.05) is 13.6 Å². The van der Waals surface area contributed by atoms with E-state index in [1.165, 1.54) is 13.1 Å². The number of amides is 1. The van der Waals surface area contributed by atoms with Gasteiger partial charge in [0.15, 0.2) is 0 Å². The van der Waals surface area contributed by atoms with Crippen molar-refractivity contribution in [2.45, 2.75) is 13.8 Å². The van der Waals surface area contributed by atoms with Crippen molar-refractivity contribution in [3.63, 3.8) is 0 Å². The molecular formula is C8H13NO3. The first-order chi connectivity index (χ1) is 5.43. The zero-order valence-corrected chi connectivity index (χ0v) is 7.50. The molecule has 0 rings (SSSR count). The molecule has 0 fully saturated rings. The Morgan fingerprint density at radius 2 is 1.92 bits per heavy atom. The molecule has 0 atom stereocenters. The van der Waals surface area contributed by atoms with Crippen LogP contribution in [0, 0.1) is 0 Å². The molecular weight excluding hydrogens is 158 g/mol. The number of carboxylic acid groups (broad SMARTS) is 1. The first kappa shape index (κ1) is 10.7. The van der Waals surface area contributed by atoms with Gasteiger partial charge in [0.2, 0.25) is 5.91 Å². The van der Waals surface area contributed by atoms with E-state index < -0.39 is 5.97 Å². The zero-order valence-electron chi connectivity index (χ0n) is 7.50. The summed E-state index contributed by atoms with van der Waals surface area (Å²) in [5, 5.41) is 8.35. The van der Waals surface area contributed by atoms with Crippen LogP contribution in [-0.4, -0.2) is 35.5 Å². The molecule has 0 aliphatic rings. The minimum atomic E-state index is -1.01. The van der Waals surface area contributed by atoms with Crippen LogP contribution in [0.15, 0.2) is 11.6 Å². The third kappa shape index (κ3) is 4.49. The Morgan fingerprint density at radius 1 is 1.42 bits per heavy atom. The minimum Gasteiger partial charge on any atom is -0.480 e. The Hall–Kier alpha value is -1.32. The van der Waals surface area contributed by atoms with Crippen LogP contribution in [0.5, 0.6) is 0 Å². The quantitative estimate of drug-likeness (QED) is 0.629. The van der Waals surface area contributed by atoms with Crippen LogP contribution >= 0.6 is 0 Å². The topological polar surface area (TPSA) is 57.6 Å². The van der Waals surface area contributed by atoms with Gasteiger partial charge in [0.1, 0.15) is 6.54 Å². The first-order valence-electron chi connectivity index (χ1n) is 3.55. The van der Waals surface area contributed by atoms with Crippen LogP contribution in [-0.2, 0) is 9.59 Å². The molecule has 4 nitrogen and oxygen atoms in total. The predicted molar refractivity (Wildman–Crippen MR) is 44.7 cm³/mol. The molecule has 0 aromatic heterocycles. The highest BCUT2D eigenvalue weighted by atomic mass is 16.4. The summed E-state index contributed by atoms with van der Waals surface area (Å²) in [5.74, 6) is -1.29. The summed E-state index contributed by atoms with van der Waals surface area (Å²) in [6, 6.07) is 0. The van der Waals surface area contributed by atoms with Crippen LogP contribution in [0.3, 0.4) is 0 Å². The Morgan fingerprint density at radius 3 is 2.25 bits per heavy atom. The van der Waals surface area contributed by atoms with E-state index in [2.05, 4.69) is 0 Å². The molecule has 0 saturated heterocycles. The van der Waals surface area contributed by atoms with Gasteiger partial charge in [0.05, 0.1) is 0 Å². The summed E-state index contributed by atoms with van der Waals surface area (Å²) in [6.07, 6.45) is 1.41. The summed E-state index contributed by atoms with van der Waals surface area (Å²) in [6.45, 7) is 3.31. The molecule has 68 valence electrons. The van der Waals surface area contributed by atoms with Gasteiger partial charge in [-0.2, -0.15) is 0 Å². The van der Waals surface area contributed by atoms with E-state index in [0.29, 0.717) is 0 Å². The van der Waals surface area contributed by atoms with Gasteiger partial charge in [-0.15, -0.1) is 0 Å². The summed E-state index contributed by atoms with van der Waals surface area (Å²) >= 11 is 0. The molecule has 12 heavy (non-hydrogen) atoms. The average molecular weight is 171 g/mol. The molecule has 0 aliphatic carbocycles. The molecule has 0 aliphatic heterocycles. The van der Waals surface area contributed by atoms with Gasteiger partial charge in [-0.1, -0.05) is 5.57 Å². The lowest BCUT2D eigenvalue weighted by molar-refractivity contribution is -0.141. The fraction of sp³-hybridized carbons (Fsp3) is 0.500. The number of carboxylic acids is 1. The number of hydrogen-bond donors (Lipinski definition) is 1. The second-order valence-corrected chi connectivity index (χ2v) is 2.81. The van der Waals surface area contributed by atoms with Crippen molar-refractivity contribution in [3.05, 3.63) is 11.6 Å². The van der Waals surface area contributed by atoms with Crippen molar-refractivity contribution in [3.8, 4) is 0 Å². The maximum Gasteiger partial charge on any atom is 0.323 e. The summed E-state index contributed by atoms with van der Waals surface area (Å²) in [4.78, 5) is 22.4. The monoisotopic (exact) mass is 171 g/mol. The van der Waals surface area contributed by atoms with E-state index in [1.807, 2.05) is 0 Å². The second-order valence-electron chi connectivity index (χ2n) is 2.81. The van der Waals surface area contributed by atoms with E-state index in [0.717, 1.165) is 10.5 Å². The Balaban J connectivity index is 4.11. The number of aliphatic carboxylic acids is 1. The Bertz CT molecular complexity index is 216.